The molecule has 0 spiro atoms. The molecule has 0 N–H and O–H groups in total. The number of nitrogens with zero attached hydrogens (tertiary/aromatic N) is 5. The van der Waals surface area contributed by atoms with Crippen LogP contribution >= 0.6 is 0 Å². The summed E-state index contributed by atoms with van der Waals surface area (Å²) in [6.07, 6.45) is 2.29. The van der Waals surface area contributed by atoms with E-state index in [0.717, 1.165) is 44.8 Å². The van der Waals surface area contributed by atoms with Gasteiger partial charge in [0.25, 0.3) is 5.91 Å². The summed E-state index contributed by atoms with van der Waals surface area (Å²) in [5.41, 5.74) is -0.547. The van der Waals surface area contributed by atoms with Gasteiger partial charge in [-0.2, -0.15) is 4.39 Å². The number of piperazine rings is 1. The van der Waals surface area contributed by atoms with Crippen molar-refractivity contribution in [2.45, 2.75) is 19.8 Å². The zero-order valence-corrected chi connectivity index (χ0v) is 18.2. The number of anilines is 2. The highest BCUT2D eigenvalue weighted by molar-refractivity contribution is 5.95. The number of carbonyl (C=O) groups excluding carboxylic acids is 1. The highest BCUT2D eigenvalue weighted by atomic mass is 19.2. The number of rotatable bonds is 4. The fourth-order valence-corrected chi connectivity index (χ4v) is 4.12. The van der Waals surface area contributed by atoms with Gasteiger partial charge in [0.1, 0.15) is 0 Å². The lowest BCUT2D eigenvalue weighted by molar-refractivity contribution is 0.0740. The molecule has 2 aliphatic heterocycles. The fourth-order valence-electron chi connectivity index (χ4n) is 4.12. The van der Waals surface area contributed by atoms with Crippen LogP contribution in [0, 0.1) is 23.4 Å². The molecule has 1 amide bonds. The van der Waals surface area contributed by atoms with Crippen LogP contribution in [0.25, 0.3) is 0 Å². The molecule has 7 nitrogen and oxygen atoms in total. The van der Waals surface area contributed by atoms with Crippen LogP contribution < -0.4 is 14.5 Å². The van der Waals surface area contributed by atoms with E-state index < -0.39 is 34.7 Å². The molecule has 2 saturated heterocycles. The highest BCUT2D eigenvalue weighted by Crippen LogP contribution is 2.28. The Labute approximate surface area is 184 Å². The first-order chi connectivity index (χ1) is 15.4. The van der Waals surface area contributed by atoms with E-state index in [-0.39, 0.29) is 13.1 Å². The summed E-state index contributed by atoms with van der Waals surface area (Å²) < 4.78 is 46.5. The second-order valence-electron chi connectivity index (χ2n) is 8.27. The predicted octanol–water partition coefficient (Wildman–Crippen LogP) is 3.10. The van der Waals surface area contributed by atoms with Gasteiger partial charge in [-0.25, -0.2) is 8.78 Å². The molecule has 32 heavy (non-hydrogen) atoms. The van der Waals surface area contributed by atoms with Gasteiger partial charge in [0, 0.05) is 39.3 Å². The number of carbonyl (C=O) groups is 1. The molecule has 2 fully saturated rings. The van der Waals surface area contributed by atoms with Crippen molar-refractivity contribution in [3.63, 3.8) is 0 Å². The van der Waals surface area contributed by atoms with Gasteiger partial charge < -0.3 is 19.4 Å². The zero-order chi connectivity index (χ0) is 22.8. The summed E-state index contributed by atoms with van der Waals surface area (Å²) >= 11 is 0. The number of aromatic nitrogens is 2. The molecule has 1 aromatic heterocycles. The van der Waals surface area contributed by atoms with Crippen molar-refractivity contribution in [2.75, 3.05) is 56.2 Å². The normalized spacial score (nSPS) is 17.6. The van der Waals surface area contributed by atoms with E-state index >= 15 is 0 Å². The quantitative estimate of drug-likeness (QED) is 0.669. The molecule has 3 heterocycles. The van der Waals surface area contributed by atoms with Crippen LogP contribution in [0.1, 0.15) is 30.1 Å². The number of hydrogen-bond acceptors (Lipinski definition) is 6. The molecule has 2 aliphatic rings. The Morgan fingerprint density at radius 1 is 0.938 bits per heavy atom. The molecule has 0 unspecified atom stereocenters. The number of piperidine rings is 1. The van der Waals surface area contributed by atoms with Gasteiger partial charge >= 0.3 is 0 Å². The van der Waals surface area contributed by atoms with Crippen molar-refractivity contribution >= 4 is 17.5 Å². The first kappa shape index (κ1) is 22.2. The van der Waals surface area contributed by atoms with Crippen molar-refractivity contribution in [1.82, 2.24) is 15.1 Å². The largest absolute Gasteiger partial charge is 0.491 e. The number of benzene rings is 1. The molecule has 0 radical (unpaired) electrons. The summed E-state index contributed by atoms with van der Waals surface area (Å²) in [7, 11) is 1.02. The summed E-state index contributed by atoms with van der Waals surface area (Å²) in [6.45, 7) is 5.70. The van der Waals surface area contributed by atoms with E-state index in [4.69, 9.17) is 0 Å². The minimum atomic E-state index is -1.45. The molecule has 172 valence electrons. The van der Waals surface area contributed by atoms with Crippen molar-refractivity contribution in [2.24, 2.45) is 5.92 Å². The van der Waals surface area contributed by atoms with Gasteiger partial charge in [0.15, 0.2) is 29.0 Å². The summed E-state index contributed by atoms with van der Waals surface area (Å²) in [5, 5.41) is 8.71. The van der Waals surface area contributed by atoms with Gasteiger partial charge in [0.05, 0.1) is 12.7 Å². The molecule has 4 rings (SSSR count). The third-order valence-corrected chi connectivity index (χ3v) is 6.19. The Morgan fingerprint density at radius 2 is 1.50 bits per heavy atom. The first-order valence-corrected chi connectivity index (χ1v) is 10.7. The maximum atomic E-state index is 14.5. The van der Waals surface area contributed by atoms with Crippen molar-refractivity contribution in [3.8, 4) is 5.75 Å². The molecular formula is C22H26F3N5O2. The van der Waals surface area contributed by atoms with Gasteiger partial charge in [0.2, 0.25) is 5.82 Å². The lowest BCUT2D eigenvalue weighted by Crippen LogP contribution is -2.49. The minimum absolute atomic E-state index is 0.285. The average Bonchev–Trinajstić information content (AvgIpc) is 2.82. The van der Waals surface area contributed by atoms with E-state index in [2.05, 4.69) is 26.8 Å². The Bertz CT molecular complexity index is 973. The number of hydrogen-bond donors (Lipinski definition) is 0. The summed E-state index contributed by atoms with van der Waals surface area (Å²) in [4.78, 5) is 18.4. The standard InChI is InChI=1S/C22H26F3N5O2/c1-14-5-7-28(8-6-14)17-3-4-18(27-26-17)29-9-11-30(12-10-29)22(31)15-13-16(23)20(25)21(32-2)19(15)24/h3-4,13-14H,5-12H2,1-2H3. The Morgan fingerprint density at radius 3 is 2.03 bits per heavy atom. The molecular weight excluding hydrogens is 423 g/mol. The van der Waals surface area contributed by atoms with E-state index in [0.29, 0.717) is 25.0 Å². The van der Waals surface area contributed by atoms with E-state index in [1.807, 2.05) is 17.0 Å². The monoisotopic (exact) mass is 449 g/mol. The topological polar surface area (TPSA) is 61.8 Å². The second kappa shape index (κ2) is 9.22. The fraction of sp³-hybridized carbons (Fsp3) is 0.500. The van der Waals surface area contributed by atoms with Crippen LogP contribution in [0.4, 0.5) is 24.8 Å². The molecule has 1 aromatic carbocycles. The molecule has 10 heteroatoms. The number of ether oxygens (including phenoxy) is 1. The van der Waals surface area contributed by atoms with Gasteiger partial charge in [-0.3, -0.25) is 4.79 Å². The summed E-state index contributed by atoms with van der Waals surface area (Å²) in [6, 6.07) is 4.45. The third-order valence-electron chi connectivity index (χ3n) is 6.19. The van der Waals surface area contributed by atoms with Gasteiger partial charge in [-0.1, -0.05) is 6.92 Å². The Hall–Kier alpha value is -3.04. The molecule has 0 bridgehead atoms. The molecule has 0 saturated carbocycles. The SMILES string of the molecule is COc1c(F)c(F)cc(C(=O)N2CCN(c3ccc(N4CCC(C)CC4)nn3)CC2)c1F. The van der Waals surface area contributed by atoms with Crippen LogP contribution in [0.5, 0.6) is 5.75 Å². The Balaban J connectivity index is 1.39. The first-order valence-electron chi connectivity index (χ1n) is 10.7. The zero-order valence-electron chi connectivity index (χ0n) is 18.2. The molecule has 0 atom stereocenters. The number of amides is 1. The van der Waals surface area contributed by atoms with Gasteiger partial charge in [-0.15, -0.1) is 10.2 Å². The van der Waals surface area contributed by atoms with E-state index in [1.165, 1.54) is 4.90 Å². The maximum absolute atomic E-state index is 14.5. The molecule has 0 aliphatic carbocycles. The van der Waals surface area contributed by atoms with Crippen LogP contribution in [0.3, 0.4) is 0 Å². The smallest absolute Gasteiger partial charge is 0.257 e. The summed E-state index contributed by atoms with van der Waals surface area (Å²) in [5.74, 6) is -3.29. The maximum Gasteiger partial charge on any atom is 0.257 e. The van der Waals surface area contributed by atoms with Crippen LogP contribution in [0.2, 0.25) is 0 Å². The third kappa shape index (κ3) is 4.31. The number of halogens is 3. The van der Waals surface area contributed by atoms with Crippen LogP contribution in [-0.4, -0.2) is 67.4 Å². The average molecular weight is 449 g/mol. The van der Waals surface area contributed by atoms with Crippen molar-refractivity contribution < 1.29 is 22.7 Å². The van der Waals surface area contributed by atoms with Crippen LogP contribution in [-0.2, 0) is 0 Å². The highest BCUT2D eigenvalue weighted by Gasteiger charge is 2.29. The van der Waals surface area contributed by atoms with E-state index in [1.54, 1.807) is 0 Å². The lowest BCUT2D eigenvalue weighted by Gasteiger charge is -2.35. The molecule has 2 aromatic rings. The van der Waals surface area contributed by atoms with Crippen LogP contribution in [0.15, 0.2) is 18.2 Å². The predicted molar refractivity (Wildman–Crippen MR) is 114 cm³/mol. The second-order valence-corrected chi connectivity index (χ2v) is 8.27. The van der Waals surface area contributed by atoms with Crippen molar-refractivity contribution in [1.29, 1.82) is 0 Å². The Kier molecular flexibility index (Phi) is 6.38. The number of methoxy groups -OCH3 is 1. The van der Waals surface area contributed by atoms with Gasteiger partial charge in [-0.05, 0) is 37.0 Å². The lowest BCUT2D eigenvalue weighted by atomic mass is 9.99. The minimum Gasteiger partial charge on any atom is -0.491 e. The van der Waals surface area contributed by atoms with Crippen molar-refractivity contribution in [3.05, 3.63) is 41.2 Å². The van der Waals surface area contributed by atoms with E-state index in [9.17, 15) is 18.0 Å².